The molecule has 0 nitrogen and oxygen atoms in total. The van der Waals surface area contributed by atoms with E-state index in [4.69, 9.17) is 0 Å². The molecule has 1 radical (unpaired) electrons. The first kappa shape index (κ1) is 17.3. The summed E-state index contributed by atoms with van der Waals surface area (Å²) >= 11 is 2.41. The van der Waals surface area contributed by atoms with Gasteiger partial charge in [-0.15, -0.1) is 0 Å². The number of hydrogen-bond acceptors (Lipinski definition) is 0. The highest BCUT2D eigenvalue weighted by Gasteiger charge is 2.19. The number of rotatable bonds is 4. The Kier molecular flexibility index (Phi) is 5.32. The fourth-order valence-corrected chi connectivity index (χ4v) is 6.47. The van der Waals surface area contributed by atoms with Crippen LogP contribution in [0.15, 0.2) is 109 Å². The second-order valence-corrected chi connectivity index (χ2v) is 9.81. The van der Waals surface area contributed by atoms with E-state index in [-0.39, 0.29) is 0 Å². The third kappa shape index (κ3) is 3.66. The lowest BCUT2D eigenvalue weighted by atomic mass is 10.1. The molecule has 0 saturated heterocycles. The van der Waals surface area contributed by atoms with Gasteiger partial charge in [0, 0.05) is 3.57 Å². The van der Waals surface area contributed by atoms with Gasteiger partial charge in [0.15, 0.2) is 8.80 Å². The Morgan fingerprint density at radius 3 is 1.46 bits per heavy atom. The lowest BCUT2D eigenvalue weighted by Gasteiger charge is -2.17. The summed E-state index contributed by atoms with van der Waals surface area (Å²) in [6.45, 7) is 0. The number of benzene rings is 4. The summed E-state index contributed by atoms with van der Waals surface area (Å²) in [5.74, 6) is 0. The molecule has 0 heterocycles. The summed E-state index contributed by atoms with van der Waals surface area (Å²) in [4.78, 5) is 0. The predicted octanol–water partition coefficient (Wildman–Crippen LogP) is 4.47. The molecule has 2 heteroatoms. The fourth-order valence-electron chi connectivity index (χ4n) is 3.22. The van der Waals surface area contributed by atoms with Crippen LogP contribution >= 0.6 is 22.6 Å². The zero-order valence-corrected chi connectivity index (χ0v) is 17.4. The van der Waals surface area contributed by atoms with Gasteiger partial charge in [-0.1, -0.05) is 119 Å². The highest BCUT2D eigenvalue weighted by Crippen LogP contribution is 2.24. The third-order valence-electron chi connectivity index (χ3n) is 4.48. The van der Waals surface area contributed by atoms with Crippen LogP contribution in [0.25, 0.3) is 11.1 Å². The van der Waals surface area contributed by atoms with Gasteiger partial charge in [-0.25, -0.2) is 0 Å². The molecule has 4 rings (SSSR count). The minimum atomic E-state index is -0.987. The smallest absolute Gasteiger partial charge is 0.0624 e. The second kappa shape index (κ2) is 8.02. The monoisotopic (exact) mass is 461 g/mol. The van der Waals surface area contributed by atoms with E-state index in [1.807, 2.05) is 0 Å². The molecular formula is C24H18ISi. The Hall–Kier alpha value is -2.17. The van der Waals surface area contributed by atoms with Gasteiger partial charge in [0.25, 0.3) is 0 Å². The summed E-state index contributed by atoms with van der Waals surface area (Å²) < 4.78 is 1.29. The highest BCUT2D eigenvalue weighted by atomic mass is 127. The molecule has 4 aromatic rings. The van der Waals surface area contributed by atoms with Gasteiger partial charge in [-0.3, -0.25) is 0 Å². The summed E-state index contributed by atoms with van der Waals surface area (Å²) in [6.07, 6.45) is 0. The van der Waals surface area contributed by atoms with Crippen molar-refractivity contribution in [2.75, 3.05) is 0 Å². The zero-order chi connectivity index (χ0) is 17.8. The van der Waals surface area contributed by atoms with Crippen molar-refractivity contribution in [2.24, 2.45) is 0 Å². The van der Waals surface area contributed by atoms with E-state index in [0.29, 0.717) is 0 Å². The van der Waals surface area contributed by atoms with Crippen LogP contribution in [0.5, 0.6) is 0 Å². The van der Waals surface area contributed by atoms with E-state index in [0.717, 1.165) is 0 Å². The SMILES string of the molecule is Ic1ccccc1-c1ccc([Si](c2ccccc2)c2ccccc2)cc1. The van der Waals surface area contributed by atoms with Gasteiger partial charge in [0.05, 0.1) is 0 Å². The van der Waals surface area contributed by atoms with Gasteiger partial charge in [-0.05, 0) is 39.8 Å². The van der Waals surface area contributed by atoms with Crippen LogP contribution in [0.4, 0.5) is 0 Å². The first-order chi connectivity index (χ1) is 12.8. The Morgan fingerprint density at radius 1 is 0.462 bits per heavy atom. The number of halogens is 1. The standard InChI is InChI=1S/C24H18ISi/c25-24-14-8-7-13-23(24)19-15-17-22(18-16-19)26(20-9-3-1-4-10-20)21-11-5-2-6-12-21/h1-18H. The summed E-state index contributed by atoms with van der Waals surface area (Å²) in [5, 5.41) is 4.26. The molecule has 0 saturated carbocycles. The van der Waals surface area contributed by atoms with Gasteiger partial charge in [0.2, 0.25) is 0 Å². The van der Waals surface area contributed by atoms with Crippen LogP contribution in [0.3, 0.4) is 0 Å². The molecule has 0 aliphatic carbocycles. The average Bonchev–Trinajstić information content (AvgIpc) is 2.71. The van der Waals surface area contributed by atoms with Crippen molar-refractivity contribution in [1.82, 2.24) is 0 Å². The van der Waals surface area contributed by atoms with Crippen molar-refractivity contribution in [3.05, 3.63) is 113 Å². The minimum Gasteiger partial charge on any atom is -0.0624 e. The van der Waals surface area contributed by atoms with Crippen LogP contribution in [0.2, 0.25) is 0 Å². The van der Waals surface area contributed by atoms with Gasteiger partial charge >= 0.3 is 0 Å². The molecule has 0 N–H and O–H groups in total. The number of hydrogen-bond donors (Lipinski definition) is 0. The molecule has 125 valence electrons. The van der Waals surface area contributed by atoms with Crippen molar-refractivity contribution in [1.29, 1.82) is 0 Å². The summed E-state index contributed by atoms with van der Waals surface area (Å²) in [7, 11) is -0.987. The van der Waals surface area contributed by atoms with Crippen LogP contribution in [-0.2, 0) is 0 Å². The van der Waals surface area contributed by atoms with E-state index in [2.05, 4.69) is 132 Å². The first-order valence-electron chi connectivity index (χ1n) is 8.66. The normalized spacial score (nSPS) is 10.8. The third-order valence-corrected chi connectivity index (χ3v) is 8.16. The fraction of sp³-hybridized carbons (Fsp3) is 0. The Labute approximate surface area is 170 Å². The van der Waals surface area contributed by atoms with Crippen molar-refractivity contribution in [3.63, 3.8) is 0 Å². The Bertz CT molecular complexity index is 940. The highest BCUT2D eigenvalue weighted by molar-refractivity contribution is 14.1. The van der Waals surface area contributed by atoms with Crippen molar-refractivity contribution < 1.29 is 0 Å². The van der Waals surface area contributed by atoms with Crippen LogP contribution < -0.4 is 15.6 Å². The van der Waals surface area contributed by atoms with Crippen molar-refractivity contribution in [3.8, 4) is 11.1 Å². The maximum absolute atomic E-state index is 2.41. The molecule has 0 unspecified atom stereocenters. The zero-order valence-electron chi connectivity index (χ0n) is 14.3. The predicted molar refractivity (Wildman–Crippen MR) is 122 cm³/mol. The minimum absolute atomic E-state index is 0.987. The van der Waals surface area contributed by atoms with Gasteiger partial charge in [0.1, 0.15) is 0 Å². The van der Waals surface area contributed by atoms with Crippen molar-refractivity contribution in [2.45, 2.75) is 0 Å². The van der Waals surface area contributed by atoms with E-state index in [1.165, 1.54) is 30.3 Å². The molecule has 0 aliphatic heterocycles. The molecule has 0 aliphatic rings. The topological polar surface area (TPSA) is 0 Å². The Morgan fingerprint density at radius 2 is 0.923 bits per heavy atom. The second-order valence-electron chi connectivity index (χ2n) is 6.16. The van der Waals surface area contributed by atoms with Gasteiger partial charge < -0.3 is 0 Å². The maximum atomic E-state index is 2.41. The molecule has 0 aromatic heterocycles. The Balaban J connectivity index is 1.76. The molecule has 0 spiro atoms. The van der Waals surface area contributed by atoms with Crippen LogP contribution in [0.1, 0.15) is 0 Å². The largest absolute Gasteiger partial charge is 0.154 e. The maximum Gasteiger partial charge on any atom is 0.154 e. The lowest BCUT2D eigenvalue weighted by molar-refractivity contribution is 1.59. The van der Waals surface area contributed by atoms with Gasteiger partial charge in [-0.2, -0.15) is 0 Å². The average molecular weight is 461 g/mol. The van der Waals surface area contributed by atoms with E-state index >= 15 is 0 Å². The first-order valence-corrected chi connectivity index (χ1v) is 11.2. The lowest BCUT2D eigenvalue weighted by Crippen LogP contribution is -2.51. The molecule has 26 heavy (non-hydrogen) atoms. The molecular weight excluding hydrogens is 443 g/mol. The molecule has 4 aromatic carbocycles. The molecule has 0 fully saturated rings. The van der Waals surface area contributed by atoms with E-state index in [1.54, 1.807) is 0 Å². The molecule has 0 atom stereocenters. The van der Waals surface area contributed by atoms with Crippen LogP contribution in [0, 0.1) is 3.57 Å². The molecule has 0 amide bonds. The van der Waals surface area contributed by atoms with E-state index in [9.17, 15) is 0 Å². The van der Waals surface area contributed by atoms with E-state index < -0.39 is 8.80 Å². The summed E-state index contributed by atoms with van der Waals surface area (Å²) in [6, 6.07) is 39.5. The quantitative estimate of drug-likeness (QED) is 0.239. The summed E-state index contributed by atoms with van der Waals surface area (Å²) in [5.41, 5.74) is 2.58. The molecule has 0 bridgehead atoms. The van der Waals surface area contributed by atoms with Crippen molar-refractivity contribution >= 4 is 46.9 Å². The van der Waals surface area contributed by atoms with Crippen LogP contribution in [-0.4, -0.2) is 8.80 Å².